The SMILES string of the molecule is COC(=O)CCS(=O)(=O)N1CC[C@@H](NC(=O)c2cc(C3CC3)on2)C[C@H]1C. The van der Waals surface area contributed by atoms with Crippen molar-refractivity contribution in [3.63, 3.8) is 0 Å². The van der Waals surface area contributed by atoms with Crippen molar-refractivity contribution in [3.05, 3.63) is 17.5 Å². The van der Waals surface area contributed by atoms with Gasteiger partial charge < -0.3 is 14.6 Å². The zero-order valence-electron chi connectivity index (χ0n) is 15.5. The first-order valence-electron chi connectivity index (χ1n) is 9.14. The van der Waals surface area contributed by atoms with Gasteiger partial charge in [0.2, 0.25) is 10.0 Å². The van der Waals surface area contributed by atoms with Gasteiger partial charge in [0, 0.05) is 30.6 Å². The summed E-state index contributed by atoms with van der Waals surface area (Å²) < 4.78 is 36.0. The standard InChI is InChI=1S/C17H25N3O6S/c1-11-9-13(5-7-20(11)27(23,24)8-6-16(21)25-2)18-17(22)14-10-15(26-19-14)12-3-4-12/h10-13H,3-9H2,1-2H3,(H,18,22)/t11-,13-/m1/s1. The van der Waals surface area contributed by atoms with E-state index in [-0.39, 0.29) is 35.9 Å². The number of carbonyl (C=O) groups is 2. The Hall–Kier alpha value is -1.94. The normalized spacial score (nSPS) is 23.8. The minimum absolute atomic E-state index is 0.138. The van der Waals surface area contributed by atoms with Crippen LogP contribution >= 0.6 is 0 Å². The second-order valence-electron chi connectivity index (χ2n) is 7.19. The molecule has 27 heavy (non-hydrogen) atoms. The van der Waals surface area contributed by atoms with E-state index in [1.807, 2.05) is 0 Å². The van der Waals surface area contributed by atoms with Crippen LogP contribution in [0.5, 0.6) is 0 Å². The Morgan fingerprint density at radius 2 is 2.11 bits per heavy atom. The topological polar surface area (TPSA) is 119 Å². The molecule has 10 heteroatoms. The summed E-state index contributed by atoms with van der Waals surface area (Å²) in [5.41, 5.74) is 0.262. The average Bonchev–Trinajstić information content (AvgIpc) is 3.36. The molecule has 150 valence electrons. The van der Waals surface area contributed by atoms with Gasteiger partial charge in [0.1, 0.15) is 5.76 Å². The van der Waals surface area contributed by atoms with Crippen LogP contribution in [0.3, 0.4) is 0 Å². The molecule has 1 aromatic rings. The summed E-state index contributed by atoms with van der Waals surface area (Å²) in [6, 6.07) is 1.27. The Kier molecular flexibility index (Phi) is 5.85. The van der Waals surface area contributed by atoms with Crippen molar-refractivity contribution in [2.24, 2.45) is 0 Å². The summed E-state index contributed by atoms with van der Waals surface area (Å²) in [6.45, 7) is 2.09. The number of carbonyl (C=O) groups excluding carboxylic acids is 2. The van der Waals surface area contributed by atoms with Crippen molar-refractivity contribution >= 4 is 21.9 Å². The van der Waals surface area contributed by atoms with Crippen LogP contribution in [0.15, 0.2) is 10.6 Å². The lowest BCUT2D eigenvalue weighted by Gasteiger charge is -2.36. The van der Waals surface area contributed by atoms with Crippen molar-refractivity contribution in [1.29, 1.82) is 0 Å². The Bertz CT molecular complexity index is 801. The van der Waals surface area contributed by atoms with Crippen LogP contribution in [0.4, 0.5) is 0 Å². The zero-order valence-corrected chi connectivity index (χ0v) is 16.3. The second kappa shape index (κ2) is 7.97. The first kappa shape index (κ1) is 19.8. The monoisotopic (exact) mass is 399 g/mol. The number of amides is 1. The van der Waals surface area contributed by atoms with E-state index in [1.54, 1.807) is 13.0 Å². The van der Waals surface area contributed by atoms with Gasteiger partial charge in [-0.1, -0.05) is 5.16 Å². The van der Waals surface area contributed by atoms with Gasteiger partial charge in [0.05, 0.1) is 19.3 Å². The van der Waals surface area contributed by atoms with Gasteiger partial charge in [0.25, 0.3) is 5.91 Å². The molecular weight excluding hydrogens is 374 g/mol. The highest BCUT2D eigenvalue weighted by Gasteiger charge is 2.35. The highest BCUT2D eigenvalue weighted by molar-refractivity contribution is 7.89. The molecule has 1 amide bonds. The van der Waals surface area contributed by atoms with E-state index in [4.69, 9.17) is 4.52 Å². The first-order chi connectivity index (χ1) is 12.8. The van der Waals surface area contributed by atoms with Crippen LogP contribution in [-0.2, 0) is 19.6 Å². The quantitative estimate of drug-likeness (QED) is 0.680. The molecule has 1 N–H and O–H groups in total. The van der Waals surface area contributed by atoms with Crippen molar-refractivity contribution in [2.45, 2.75) is 57.0 Å². The maximum Gasteiger partial charge on any atom is 0.306 e. The predicted molar refractivity (Wildman–Crippen MR) is 95.6 cm³/mol. The van der Waals surface area contributed by atoms with E-state index < -0.39 is 16.0 Å². The summed E-state index contributed by atoms with van der Waals surface area (Å²) in [6.07, 6.45) is 2.96. The van der Waals surface area contributed by atoms with Gasteiger partial charge in [-0.15, -0.1) is 0 Å². The molecule has 1 saturated carbocycles. The fourth-order valence-electron chi connectivity index (χ4n) is 3.34. The highest BCUT2D eigenvalue weighted by atomic mass is 32.2. The lowest BCUT2D eigenvalue weighted by molar-refractivity contribution is -0.140. The third-order valence-corrected chi connectivity index (χ3v) is 7.02. The molecule has 2 atom stereocenters. The van der Waals surface area contributed by atoms with Crippen molar-refractivity contribution in [2.75, 3.05) is 19.4 Å². The van der Waals surface area contributed by atoms with E-state index in [0.29, 0.717) is 25.3 Å². The number of hydrogen-bond donors (Lipinski definition) is 1. The number of ether oxygens (including phenoxy) is 1. The smallest absolute Gasteiger partial charge is 0.306 e. The molecule has 1 saturated heterocycles. The van der Waals surface area contributed by atoms with Gasteiger partial charge in [0.15, 0.2) is 5.69 Å². The van der Waals surface area contributed by atoms with Crippen molar-refractivity contribution < 1.29 is 27.3 Å². The van der Waals surface area contributed by atoms with Crippen LogP contribution in [0.1, 0.15) is 61.2 Å². The molecule has 1 aliphatic carbocycles. The average molecular weight is 399 g/mol. The van der Waals surface area contributed by atoms with Crippen molar-refractivity contribution in [3.8, 4) is 0 Å². The lowest BCUT2D eigenvalue weighted by atomic mass is 10.0. The molecular formula is C17H25N3O6S. The van der Waals surface area contributed by atoms with Gasteiger partial charge in [-0.2, -0.15) is 4.31 Å². The van der Waals surface area contributed by atoms with Crippen LogP contribution in [0.25, 0.3) is 0 Å². The molecule has 3 rings (SSSR count). The molecule has 1 aliphatic heterocycles. The first-order valence-corrected chi connectivity index (χ1v) is 10.7. The third-order valence-electron chi connectivity index (χ3n) is 5.04. The minimum Gasteiger partial charge on any atom is -0.469 e. The number of piperidine rings is 1. The van der Waals surface area contributed by atoms with Gasteiger partial charge in [-0.3, -0.25) is 9.59 Å². The Balaban J connectivity index is 1.52. The number of methoxy groups -OCH3 is 1. The largest absolute Gasteiger partial charge is 0.469 e. The van der Waals surface area contributed by atoms with Crippen LogP contribution in [0.2, 0.25) is 0 Å². The number of hydrogen-bond acceptors (Lipinski definition) is 7. The lowest BCUT2D eigenvalue weighted by Crippen LogP contribution is -2.51. The third kappa shape index (κ3) is 4.86. The fraction of sp³-hybridized carbons (Fsp3) is 0.706. The number of aromatic nitrogens is 1. The van der Waals surface area contributed by atoms with Gasteiger partial charge >= 0.3 is 5.97 Å². The summed E-state index contributed by atoms with van der Waals surface area (Å²) in [5.74, 6) is 0.0122. The second-order valence-corrected chi connectivity index (χ2v) is 9.23. The maximum atomic E-state index is 12.4. The molecule has 0 bridgehead atoms. The molecule has 2 aliphatic rings. The number of esters is 1. The number of sulfonamides is 1. The molecule has 2 fully saturated rings. The number of nitrogens with one attached hydrogen (secondary N) is 1. The van der Waals surface area contributed by atoms with E-state index in [9.17, 15) is 18.0 Å². The Morgan fingerprint density at radius 3 is 2.74 bits per heavy atom. The molecule has 0 spiro atoms. The van der Waals surface area contributed by atoms with Crippen LogP contribution < -0.4 is 5.32 Å². The van der Waals surface area contributed by atoms with E-state index in [0.717, 1.165) is 18.6 Å². The summed E-state index contributed by atoms with van der Waals surface area (Å²) in [7, 11) is -2.32. The highest BCUT2D eigenvalue weighted by Crippen LogP contribution is 2.40. The molecule has 9 nitrogen and oxygen atoms in total. The van der Waals surface area contributed by atoms with E-state index in [2.05, 4.69) is 15.2 Å². The molecule has 0 unspecified atom stereocenters. The molecule has 1 aromatic heterocycles. The van der Waals surface area contributed by atoms with Crippen LogP contribution in [0, 0.1) is 0 Å². The molecule has 2 heterocycles. The Labute approximate surface area is 158 Å². The number of nitrogens with zero attached hydrogens (tertiary/aromatic N) is 2. The van der Waals surface area contributed by atoms with Crippen molar-refractivity contribution in [1.82, 2.24) is 14.8 Å². The van der Waals surface area contributed by atoms with E-state index in [1.165, 1.54) is 11.4 Å². The maximum absolute atomic E-state index is 12.4. The fourth-order valence-corrected chi connectivity index (χ4v) is 5.02. The summed E-state index contributed by atoms with van der Waals surface area (Å²) >= 11 is 0. The number of rotatable bonds is 7. The van der Waals surface area contributed by atoms with Crippen LogP contribution in [-0.4, -0.2) is 61.2 Å². The Morgan fingerprint density at radius 1 is 1.37 bits per heavy atom. The molecule has 0 aromatic carbocycles. The summed E-state index contributed by atoms with van der Waals surface area (Å²) in [5, 5.41) is 6.74. The minimum atomic E-state index is -3.55. The predicted octanol–water partition coefficient (Wildman–Crippen LogP) is 1.03. The van der Waals surface area contributed by atoms with Gasteiger partial charge in [-0.05, 0) is 32.6 Å². The van der Waals surface area contributed by atoms with Gasteiger partial charge in [-0.25, -0.2) is 8.42 Å². The zero-order chi connectivity index (χ0) is 19.6. The summed E-state index contributed by atoms with van der Waals surface area (Å²) in [4.78, 5) is 23.6. The molecule has 0 radical (unpaired) electrons. The van der Waals surface area contributed by atoms with E-state index >= 15 is 0 Å².